The lowest BCUT2D eigenvalue weighted by molar-refractivity contribution is 0.174. The third-order valence-electron chi connectivity index (χ3n) is 3.81. The van der Waals surface area contributed by atoms with Crippen LogP contribution in [0, 0.1) is 6.92 Å². The second-order valence-electron chi connectivity index (χ2n) is 5.75. The molecule has 1 aliphatic heterocycles. The van der Waals surface area contributed by atoms with E-state index in [0.29, 0.717) is 29.1 Å². The number of hydrogen-bond donors (Lipinski definition) is 2. The molecule has 0 saturated carbocycles. The molecular weight excluding hydrogens is 352 g/mol. The topological polar surface area (TPSA) is 81.4 Å². The van der Waals surface area contributed by atoms with Crippen molar-refractivity contribution in [1.82, 2.24) is 15.5 Å². The third-order valence-corrected chi connectivity index (χ3v) is 4.05. The molecule has 132 valence electrons. The lowest BCUT2D eigenvalue weighted by atomic mass is 10.1. The summed E-state index contributed by atoms with van der Waals surface area (Å²) in [6.07, 6.45) is 0. The monoisotopic (exact) mass is 368 g/mol. The number of rotatable bonds is 4. The average Bonchev–Trinajstić information content (AvgIpc) is 3.29. The average molecular weight is 368 g/mol. The molecule has 2 heterocycles. The quantitative estimate of drug-likeness (QED) is 0.679. The van der Waals surface area contributed by atoms with Crippen LogP contribution in [0.4, 0.5) is 5.69 Å². The molecule has 0 aliphatic carbocycles. The van der Waals surface area contributed by atoms with E-state index in [4.69, 9.17) is 26.2 Å². The van der Waals surface area contributed by atoms with E-state index in [2.05, 4.69) is 20.8 Å². The summed E-state index contributed by atoms with van der Waals surface area (Å²) < 4.78 is 15.9. The largest absolute Gasteiger partial charge is 0.454 e. The molecule has 7 nitrogen and oxygen atoms in total. The van der Waals surface area contributed by atoms with Crippen LogP contribution in [0.3, 0.4) is 0 Å². The van der Waals surface area contributed by atoms with Crippen molar-refractivity contribution < 1.29 is 14.0 Å². The number of nitrogens with one attached hydrogen (secondary N) is 2. The summed E-state index contributed by atoms with van der Waals surface area (Å²) in [6.45, 7) is 2.60. The van der Waals surface area contributed by atoms with Crippen LogP contribution in [-0.4, -0.2) is 22.0 Å². The van der Waals surface area contributed by atoms with Gasteiger partial charge >= 0.3 is 0 Å². The zero-order chi connectivity index (χ0) is 17.9. The highest BCUT2D eigenvalue weighted by Gasteiger charge is 2.14. The number of anilines is 1. The van der Waals surface area contributed by atoms with Crippen molar-refractivity contribution in [3.8, 4) is 22.9 Å². The maximum absolute atomic E-state index is 5.34. The molecule has 0 radical (unpaired) electrons. The highest BCUT2D eigenvalue weighted by molar-refractivity contribution is 7.80. The van der Waals surface area contributed by atoms with Gasteiger partial charge < -0.3 is 24.6 Å². The number of fused-ring (bicyclic) bond motifs is 1. The van der Waals surface area contributed by atoms with Crippen LogP contribution in [0.2, 0.25) is 0 Å². The summed E-state index contributed by atoms with van der Waals surface area (Å²) in [5.41, 5.74) is 2.89. The molecule has 3 aromatic rings. The number of benzene rings is 2. The fraction of sp³-hybridized carbons (Fsp3) is 0.167. The summed E-state index contributed by atoms with van der Waals surface area (Å²) >= 11 is 5.29. The van der Waals surface area contributed by atoms with Crippen LogP contribution in [0.15, 0.2) is 47.0 Å². The zero-order valence-electron chi connectivity index (χ0n) is 14.0. The molecule has 0 spiro atoms. The third kappa shape index (κ3) is 3.60. The highest BCUT2D eigenvalue weighted by atomic mass is 32.1. The molecule has 0 atom stereocenters. The minimum absolute atomic E-state index is 0.238. The number of ether oxygens (including phenoxy) is 2. The first-order valence-electron chi connectivity index (χ1n) is 8.01. The van der Waals surface area contributed by atoms with Crippen molar-refractivity contribution in [1.29, 1.82) is 0 Å². The summed E-state index contributed by atoms with van der Waals surface area (Å²) in [7, 11) is 0. The summed E-state index contributed by atoms with van der Waals surface area (Å²) in [5, 5.41) is 10.6. The molecule has 0 unspecified atom stereocenters. The van der Waals surface area contributed by atoms with Gasteiger partial charge in [0.15, 0.2) is 16.6 Å². The summed E-state index contributed by atoms with van der Waals surface area (Å²) in [6, 6.07) is 13.5. The Labute approximate surface area is 155 Å². The van der Waals surface area contributed by atoms with Crippen molar-refractivity contribution >= 4 is 23.0 Å². The standard InChI is InChI=1S/C18H16N4O3S/c1-11-2-4-12(5-3-11)17-21-16(25-22-17)9-19-18(26)20-13-6-7-14-15(8-13)24-10-23-14/h2-8H,9-10H2,1H3,(H2,19,20,26). The normalized spacial score (nSPS) is 12.0. The fourth-order valence-electron chi connectivity index (χ4n) is 2.45. The van der Waals surface area contributed by atoms with Crippen LogP contribution in [0.5, 0.6) is 11.5 Å². The van der Waals surface area contributed by atoms with E-state index in [1.807, 2.05) is 49.4 Å². The van der Waals surface area contributed by atoms with Crippen molar-refractivity contribution in [3.63, 3.8) is 0 Å². The highest BCUT2D eigenvalue weighted by Crippen LogP contribution is 2.34. The maximum atomic E-state index is 5.34. The van der Waals surface area contributed by atoms with Crippen LogP contribution >= 0.6 is 12.2 Å². The molecule has 26 heavy (non-hydrogen) atoms. The first kappa shape index (κ1) is 16.3. The first-order chi connectivity index (χ1) is 12.7. The number of hydrogen-bond acceptors (Lipinski definition) is 6. The molecule has 0 bridgehead atoms. The van der Waals surface area contributed by atoms with Gasteiger partial charge in [0.1, 0.15) is 0 Å². The molecule has 1 aliphatic rings. The molecule has 2 aromatic carbocycles. The lowest BCUT2D eigenvalue weighted by Crippen LogP contribution is -2.27. The molecule has 2 N–H and O–H groups in total. The number of aromatic nitrogens is 2. The van der Waals surface area contributed by atoms with E-state index in [1.165, 1.54) is 5.56 Å². The van der Waals surface area contributed by atoms with Gasteiger partial charge in [-0.1, -0.05) is 35.0 Å². The van der Waals surface area contributed by atoms with Gasteiger partial charge in [-0.3, -0.25) is 0 Å². The van der Waals surface area contributed by atoms with Gasteiger partial charge in [-0.05, 0) is 31.3 Å². The van der Waals surface area contributed by atoms with Gasteiger partial charge in [0.05, 0.1) is 6.54 Å². The Balaban J connectivity index is 1.34. The smallest absolute Gasteiger partial charge is 0.246 e. The van der Waals surface area contributed by atoms with Gasteiger partial charge in [0.2, 0.25) is 18.5 Å². The van der Waals surface area contributed by atoms with Gasteiger partial charge in [0, 0.05) is 17.3 Å². The van der Waals surface area contributed by atoms with Gasteiger partial charge in [-0.2, -0.15) is 4.98 Å². The number of aryl methyl sites for hydroxylation is 1. The second-order valence-corrected chi connectivity index (χ2v) is 6.16. The zero-order valence-corrected chi connectivity index (χ0v) is 14.8. The maximum Gasteiger partial charge on any atom is 0.246 e. The molecule has 1 aromatic heterocycles. The van der Waals surface area contributed by atoms with Crippen molar-refractivity contribution in [2.24, 2.45) is 0 Å². The van der Waals surface area contributed by atoms with E-state index in [0.717, 1.165) is 17.0 Å². The van der Waals surface area contributed by atoms with Crippen LogP contribution in [-0.2, 0) is 6.54 Å². The molecule has 0 amide bonds. The van der Waals surface area contributed by atoms with Crippen LogP contribution < -0.4 is 20.1 Å². The van der Waals surface area contributed by atoms with E-state index < -0.39 is 0 Å². The Bertz CT molecular complexity index is 940. The van der Waals surface area contributed by atoms with Gasteiger partial charge in [-0.15, -0.1) is 0 Å². The summed E-state index contributed by atoms with van der Waals surface area (Å²) in [5.74, 6) is 2.42. The second kappa shape index (κ2) is 7.01. The number of nitrogens with zero attached hydrogens (tertiary/aromatic N) is 2. The van der Waals surface area contributed by atoms with E-state index in [9.17, 15) is 0 Å². The van der Waals surface area contributed by atoms with Crippen LogP contribution in [0.25, 0.3) is 11.4 Å². The SMILES string of the molecule is Cc1ccc(-c2noc(CNC(=S)Nc3ccc4c(c3)OCO4)n2)cc1. The predicted octanol–water partition coefficient (Wildman–Crippen LogP) is 3.26. The van der Waals surface area contributed by atoms with Crippen molar-refractivity contribution in [2.75, 3.05) is 12.1 Å². The molecule has 8 heteroatoms. The van der Waals surface area contributed by atoms with Crippen molar-refractivity contribution in [3.05, 3.63) is 53.9 Å². The van der Waals surface area contributed by atoms with Crippen molar-refractivity contribution in [2.45, 2.75) is 13.5 Å². The number of thiocarbonyl (C=S) groups is 1. The Morgan fingerprint density at radius 3 is 2.77 bits per heavy atom. The molecule has 0 saturated heterocycles. The van der Waals surface area contributed by atoms with Gasteiger partial charge in [0.25, 0.3) is 0 Å². The van der Waals surface area contributed by atoms with Crippen LogP contribution in [0.1, 0.15) is 11.5 Å². The Morgan fingerprint density at radius 2 is 1.92 bits per heavy atom. The summed E-state index contributed by atoms with van der Waals surface area (Å²) in [4.78, 5) is 4.37. The van der Waals surface area contributed by atoms with E-state index in [-0.39, 0.29) is 6.79 Å². The van der Waals surface area contributed by atoms with Gasteiger partial charge in [-0.25, -0.2) is 0 Å². The predicted molar refractivity (Wildman–Crippen MR) is 100 cm³/mol. The van der Waals surface area contributed by atoms with E-state index in [1.54, 1.807) is 0 Å². The minimum atomic E-state index is 0.238. The molecule has 4 rings (SSSR count). The lowest BCUT2D eigenvalue weighted by Gasteiger charge is -2.09. The van der Waals surface area contributed by atoms with E-state index >= 15 is 0 Å². The first-order valence-corrected chi connectivity index (χ1v) is 8.42. The molecular formula is C18H16N4O3S. The molecule has 0 fully saturated rings. The Hall–Kier alpha value is -3.13. The Morgan fingerprint density at radius 1 is 1.12 bits per heavy atom. The fourth-order valence-corrected chi connectivity index (χ4v) is 2.64. The Kier molecular flexibility index (Phi) is 4.40. The minimum Gasteiger partial charge on any atom is -0.454 e.